The summed E-state index contributed by atoms with van der Waals surface area (Å²) in [5, 5.41) is 1.37. The highest BCUT2D eigenvalue weighted by molar-refractivity contribution is 5.90. The van der Waals surface area contributed by atoms with Crippen LogP contribution < -0.4 is 0 Å². The Balaban J connectivity index is 1.80. The summed E-state index contributed by atoms with van der Waals surface area (Å²) in [5.41, 5.74) is 5.29. The second kappa shape index (κ2) is 5.86. The first-order chi connectivity index (χ1) is 11.2. The van der Waals surface area contributed by atoms with Crippen molar-refractivity contribution in [3.8, 4) is 11.3 Å². The predicted octanol–water partition coefficient (Wildman–Crippen LogP) is 4.86. The minimum atomic E-state index is 0.645. The van der Waals surface area contributed by atoms with Crippen LogP contribution >= 0.6 is 0 Å². The first-order valence-electron chi connectivity index (χ1n) is 8.61. The van der Waals surface area contributed by atoms with Gasteiger partial charge in [-0.15, -0.1) is 0 Å². The molecule has 0 spiro atoms. The number of nitrogens with zero attached hydrogens (tertiary/aromatic N) is 1. The van der Waals surface area contributed by atoms with Gasteiger partial charge in [0.25, 0.3) is 0 Å². The first-order valence-corrected chi connectivity index (χ1v) is 8.61. The summed E-state index contributed by atoms with van der Waals surface area (Å²) >= 11 is 0. The fraction of sp³-hybridized carbons (Fsp3) is 0.333. The molecule has 1 aromatic heterocycles. The summed E-state index contributed by atoms with van der Waals surface area (Å²) in [6.45, 7) is 2.34. The Labute approximate surface area is 138 Å². The van der Waals surface area contributed by atoms with Crippen LogP contribution in [-0.2, 0) is 6.42 Å². The van der Waals surface area contributed by atoms with Crippen molar-refractivity contribution in [2.45, 2.75) is 38.3 Å². The average Bonchev–Trinajstić information content (AvgIpc) is 3.11. The number of aromatic amines is 1. The number of benzene rings is 2. The van der Waals surface area contributed by atoms with Crippen LogP contribution in [-0.4, -0.2) is 29.0 Å². The number of H-pyrrole nitrogens is 1. The summed E-state index contributed by atoms with van der Waals surface area (Å²) in [6, 6.07) is 20.8. The second-order valence-corrected chi connectivity index (χ2v) is 6.84. The van der Waals surface area contributed by atoms with E-state index in [-0.39, 0.29) is 0 Å². The highest BCUT2D eigenvalue weighted by Crippen LogP contribution is 2.34. The molecule has 2 atom stereocenters. The molecule has 118 valence electrons. The van der Waals surface area contributed by atoms with E-state index in [0.29, 0.717) is 12.1 Å². The maximum atomic E-state index is 3.66. The van der Waals surface area contributed by atoms with Gasteiger partial charge in [0.2, 0.25) is 0 Å². The van der Waals surface area contributed by atoms with Crippen LogP contribution in [0.4, 0.5) is 0 Å². The van der Waals surface area contributed by atoms with Crippen molar-refractivity contribution in [1.82, 2.24) is 9.88 Å². The molecule has 2 aromatic carbocycles. The fourth-order valence-electron chi connectivity index (χ4n) is 3.95. The van der Waals surface area contributed by atoms with Crippen LogP contribution in [0.3, 0.4) is 0 Å². The summed E-state index contributed by atoms with van der Waals surface area (Å²) in [6.07, 6.45) is 3.73. The van der Waals surface area contributed by atoms with Gasteiger partial charge in [-0.05, 0) is 50.4 Å². The molecule has 3 aromatic rings. The van der Waals surface area contributed by atoms with E-state index < -0.39 is 0 Å². The molecule has 1 fully saturated rings. The van der Waals surface area contributed by atoms with E-state index in [4.69, 9.17) is 0 Å². The van der Waals surface area contributed by atoms with Gasteiger partial charge >= 0.3 is 0 Å². The SMILES string of the molecule is C[C@H]1CC[C@@H](Cc2c(-c3ccccc3)[nH]c3ccccc23)N1C. The smallest absolute Gasteiger partial charge is 0.0497 e. The number of rotatable bonds is 3. The molecular weight excluding hydrogens is 280 g/mol. The molecule has 1 aliphatic heterocycles. The number of likely N-dealkylation sites (N-methyl/N-ethyl adjacent to an activating group) is 1. The molecule has 2 nitrogen and oxygen atoms in total. The van der Waals surface area contributed by atoms with Crippen LogP contribution in [0.25, 0.3) is 22.2 Å². The highest BCUT2D eigenvalue weighted by Gasteiger charge is 2.28. The van der Waals surface area contributed by atoms with Gasteiger partial charge in [-0.2, -0.15) is 0 Å². The molecule has 23 heavy (non-hydrogen) atoms. The van der Waals surface area contributed by atoms with Gasteiger partial charge in [-0.1, -0.05) is 48.5 Å². The number of fused-ring (bicyclic) bond motifs is 1. The zero-order valence-corrected chi connectivity index (χ0v) is 13.9. The zero-order valence-electron chi connectivity index (χ0n) is 13.9. The van der Waals surface area contributed by atoms with Crippen LogP contribution in [0.1, 0.15) is 25.3 Å². The molecule has 2 heteroatoms. The minimum absolute atomic E-state index is 0.645. The van der Waals surface area contributed by atoms with E-state index in [2.05, 4.69) is 78.5 Å². The normalized spacial score (nSPS) is 22.0. The number of aromatic nitrogens is 1. The number of hydrogen-bond acceptors (Lipinski definition) is 1. The maximum absolute atomic E-state index is 3.66. The van der Waals surface area contributed by atoms with E-state index in [9.17, 15) is 0 Å². The Morgan fingerprint density at radius 1 is 1.00 bits per heavy atom. The molecule has 0 bridgehead atoms. The standard InChI is InChI=1S/C21H24N2/c1-15-12-13-17(23(15)2)14-19-18-10-6-7-11-20(18)22-21(19)16-8-4-3-5-9-16/h3-11,15,17,22H,12-14H2,1-2H3/t15-,17-/m0/s1. The lowest BCUT2D eigenvalue weighted by molar-refractivity contribution is 0.252. The third-order valence-corrected chi connectivity index (χ3v) is 5.50. The summed E-state index contributed by atoms with van der Waals surface area (Å²) < 4.78 is 0. The van der Waals surface area contributed by atoms with Crippen LogP contribution in [0.15, 0.2) is 54.6 Å². The van der Waals surface area contributed by atoms with Crippen LogP contribution in [0.2, 0.25) is 0 Å². The Bertz CT molecular complexity index is 803. The van der Waals surface area contributed by atoms with Crippen molar-refractivity contribution in [2.24, 2.45) is 0 Å². The molecule has 0 amide bonds. The van der Waals surface area contributed by atoms with E-state index in [1.165, 1.54) is 40.6 Å². The van der Waals surface area contributed by atoms with Crippen molar-refractivity contribution >= 4 is 10.9 Å². The van der Waals surface area contributed by atoms with Crippen LogP contribution in [0.5, 0.6) is 0 Å². The molecular formula is C21H24N2. The van der Waals surface area contributed by atoms with Crippen molar-refractivity contribution in [3.05, 3.63) is 60.2 Å². The van der Waals surface area contributed by atoms with Crippen LogP contribution in [0, 0.1) is 0 Å². The minimum Gasteiger partial charge on any atom is -0.354 e. The van der Waals surface area contributed by atoms with E-state index in [1.54, 1.807) is 0 Å². The zero-order chi connectivity index (χ0) is 15.8. The van der Waals surface area contributed by atoms with E-state index in [0.717, 1.165) is 6.42 Å². The molecule has 2 heterocycles. The molecule has 0 saturated carbocycles. The predicted molar refractivity (Wildman–Crippen MR) is 97.7 cm³/mol. The first kappa shape index (κ1) is 14.5. The second-order valence-electron chi connectivity index (χ2n) is 6.84. The van der Waals surface area contributed by atoms with Crippen molar-refractivity contribution in [2.75, 3.05) is 7.05 Å². The third-order valence-electron chi connectivity index (χ3n) is 5.50. The van der Waals surface area contributed by atoms with Gasteiger partial charge in [0.05, 0.1) is 0 Å². The number of nitrogens with one attached hydrogen (secondary N) is 1. The molecule has 1 aliphatic rings. The summed E-state index contributed by atoms with van der Waals surface area (Å²) in [5.74, 6) is 0. The maximum Gasteiger partial charge on any atom is 0.0497 e. The van der Waals surface area contributed by atoms with Gasteiger partial charge < -0.3 is 9.88 Å². The molecule has 1 N–H and O–H groups in total. The molecule has 0 aliphatic carbocycles. The van der Waals surface area contributed by atoms with Crippen molar-refractivity contribution < 1.29 is 0 Å². The largest absolute Gasteiger partial charge is 0.354 e. The summed E-state index contributed by atoms with van der Waals surface area (Å²) in [4.78, 5) is 6.21. The topological polar surface area (TPSA) is 19.0 Å². The Kier molecular flexibility index (Phi) is 3.70. The average molecular weight is 304 g/mol. The number of likely N-dealkylation sites (tertiary alicyclic amines) is 1. The van der Waals surface area contributed by atoms with Crippen molar-refractivity contribution in [1.29, 1.82) is 0 Å². The quantitative estimate of drug-likeness (QED) is 0.732. The number of para-hydroxylation sites is 1. The number of hydrogen-bond donors (Lipinski definition) is 1. The van der Waals surface area contributed by atoms with Gasteiger partial charge in [0.15, 0.2) is 0 Å². The lowest BCUT2D eigenvalue weighted by atomic mass is 9.98. The van der Waals surface area contributed by atoms with Gasteiger partial charge in [0.1, 0.15) is 0 Å². The summed E-state index contributed by atoms with van der Waals surface area (Å²) in [7, 11) is 2.28. The molecule has 1 saturated heterocycles. The third kappa shape index (κ3) is 2.57. The van der Waals surface area contributed by atoms with Crippen molar-refractivity contribution in [3.63, 3.8) is 0 Å². The molecule has 0 radical (unpaired) electrons. The lowest BCUT2D eigenvalue weighted by Crippen LogP contribution is -2.31. The Morgan fingerprint density at radius 3 is 2.48 bits per heavy atom. The monoisotopic (exact) mass is 304 g/mol. The van der Waals surface area contributed by atoms with Gasteiger partial charge in [-0.3, -0.25) is 0 Å². The Hall–Kier alpha value is -2.06. The highest BCUT2D eigenvalue weighted by atomic mass is 15.2. The fourth-order valence-corrected chi connectivity index (χ4v) is 3.95. The molecule has 4 rings (SSSR count). The van der Waals surface area contributed by atoms with Gasteiger partial charge in [0, 0.05) is 28.7 Å². The lowest BCUT2D eigenvalue weighted by Gasteiger charge is -2.23. The molecule has 0 unspecified atom stereocenters. The van der Waals surface area contributed by atoms with E-state index >= 15 is 0 Å². The van der Waals surface area contributed by atoms with Gasteiger partial charge in [-0.25, -0.2) is 0 Å². The van der Waals surface area contributed by atoms with E-state index in [1.807, 2.05) is 0 Å². The Morgan fingerprint density at radius 2 is 1.74 bits per heavy atom.